The number of carbonyl (C=O) groups is 1. The lowest BCUT2D eigenvalue weighted by atomic mass is 10.1. The van der Waals surface area contributed by atoms with Crippen LogP contribution >= 0.6 is 0 Å². The van der Waals surface area contributed by atoms with Crippen LogP contribution in [0, 0.1) is 6.92 Å². The topological polar surface area (TPSA) is 105 Å². The number of aryl methyl sites for hydroxylation is 1. The standard InChI is InChI=1S/C32H35N5O5S/c1-24-9-12-27(13-10-24)43(39,40)37(22-25-7-5-4-6-8-25)23-32(38)36-19-17-35(18-20-36)31-16-15-29(33-34-31)28-14-11-26(41-2)21-30(28)42-3/h4-16,21H,17-20,22-23H2,1-3H3. The van der Waals surface area contributed by atoms with Gasteiger partial charge in [-0.05, 0) is 48.9 Å². The van der Waals surface area contributed by atoms with Crippen molar-refractivity contribution in [2.75, 3.05) is 51.8 Å². The number of methoxy groups -OCH3 is 2. The summed E-state index contributed by atoms with van der Waals surface area (Å²) in [5, 5.41) is 8.85. The molecule has 1 amide bonds. The summed E-state index contributed by atoms with van der Waals surface area (Å²) in [4.78, 5) is 17.4. The lowest BCUT2D eigenvalue weighted by molar-refractivity contribution is -0.131. The van der Waals surface area contributed by atoms with Gasteiger partial charge in [0.25, 0.3) is 0 Å². The fourth-order valence-corrected chi connectivity index (χ4v) is 6.33. The second kappa shape index (κ2) is 13.2. The van der Waals surface area contributed by atoms with Gasteiger partial charge in [0, 0.05) is 44.4 Å². The van der Waals surface area contributed by atoms with Crippen LogP contribution in [-0.4, -0.2) is 80.7 Å². The van der Waals surface area contributed by atoms with E-state index < -0.39 is 10.0 Å². The Hall–Kier alpha value is -4.48. The van der Waals surface area contributed by atoms with Crippen LogP contribution in [0.4, 0.5) is 5.82 Å². The third-order valence-corrected chi connectivity index (χ3v) is 9.27. The van der Waals surface area contributed by atoms with E-state index in [1.165, 1.54) is 4.31 Å². The summed E-state index contributed by atoms with van der Waals surface area (Å²) in [5.74, 6) is 1.79. The molecule has 0 spiro atoms. The molecule has 11 heteroatoms. The predicted octanol–water partition coefficient (Wildman–Crippen LogP) is 4.01. The van der Waals surface area contributed by atoms with E-state index in [1.807, 2.05) is 61.5 Å². The zero-order valence-electron chi connectivity index (χ0n) is 24.5. The van der Waals surface area contributed by atoms with Gasteiger partial charge in [-0.1, -0.05) is 48.0 Å². The SMILES string of the molecule is COc1ccc(-c2ccc(N3CCN(C(=O)CN(Cc4ccccc4)S(=O)(=O)c4ccc(C)cc4)CC3)nn2)c(OC)c1. The summed E-state index contributed by atoms with van der Waals surface area (Å²) < 4.78 is 39.3. The number of nitrogens with zero attached hydrogens (tertiary/aromatic N) is 5. The Kier molecular flexibility index (Phi) is 9.22. The van der Waals surface area contributed by atoms with Gasteiger partial charge in [0.15, 0.2) is 5.82 Å². The Bertz CT molecular complexity index is 1640. The molecule has 1 aliphatic heterocycles. The molecule has 5 rings (SSSR count). The number of piperazine rings is 1. The highest BCUT2D eigenvalue weighted by atomic mass is 32.2. The number of anilines is 1. The minimum atomic E-state index is -3.90. The molecule has 3 aromatic carbocycles. The van der Waals surface area contributed by atoms with E-state index in [0.29, 0.717) is 49.2 Å². The molecule has 2 heterocycles. The molecule has 10 nitrogen and oxygen atoms in total. The number of aromatic nitrogens is 2. The second-order valence-corrected chi connectivity index (χ2v) is 12.2. The highest BCUT2D eigenvalue weighted by molar-refractivity contribution is 7.89. The number of sulfonamides is 1. The Balaban J connectivity index is 1.25. The molecule has 0 atom stereocenters. The van der Waals surface area contributed by atoms with Crippen molar-refractivity contribution in [3.05, 3.63) is 96.1 Å². The summed E-state index contributed by atoms with van der Waals surface area (Å²) in [6.07, 6.45) is 0. The number of carbonyl (C=O) groups excluding carboxylic acids is 1. The molecule has 0 aliphatic carbocycles. The molecule has 1 fully saturated rings. The van der Waals surface area contributed by atoms with Gasteiger partial charge < -0.3 is 19.3 Å². The molecule has 1 aliphatic rings. The van der Waals surface area contributed by atoms with Crippen molar-refractivity contribution >= 4 is 21.7 Å². The lowest BCUT2D eigenvalue weighted by Crippen LogP contribution is -2.52. The zero-order valence-corrected chi connectivity index (χ0v) is 25.3. The summed E-state index contributed by atoms with van der Waals surface area (Å²) >= 11 is 0. The van der Waals surface area contributed by atoms with E-state index in [2.05, 4.69) is 15.1 Å². The molecule has 224 valence electrons. The van der Waals surface area contributed by atoms with Crippen molar-refractivity contribution in [1.29, 1.82) is 0 Å². The largest absolute Gasteiger partial charge is 0.497 e. The van der Waals surface area contributed by atoms with Gasteiger partial charge in [-0.3, -0.25) is 4.79 Å². The summed E-state index contributed by atoms with van der Waals surface area (Å²) in [6.45, 7) is 3.74. The van der Waals surface area contributed by atoms with Gasteiger partial charge in [-0.15, -0.1) is 10.2 Å². The third kappa shape index (κ3) is 6.95. The maximum Gasteiger partial charge on any atom is 0.243 e. The number of benzene rings is 3. The molecule has 1 aromatic heterocycles. The molecule has 1 saturated heterocycles. The second-order valence-electron chi connectivity index (χ2n) is 10.3. The molecular weight excluding hydrogens is 566 g/mol. The highest BCUT2D eigenvalue weighted by Crippen LogP contribution is 2.32. The Morgan fingerprint density at radius 1 is 0.860 bits per heavy atom. The van der Waals surface area contributed by atoms with Crippen molar-refractivity contribution in [3.8, 4) is 22.8 Å². The number of rotatable bonds is 10. The van der Waals surface area contributed by atoms with Crippen LogP contribution in [0.1, 0.15) is 11.1 Å². The molecular formula is C32H35N5O5S. The number of hydrogen-bond donors (Lipinski definition) is 0. The van der Waals surface area contributed by atoms with E-state index >= 15 is 0 Å². The van der Waals surface area contributed by atoms with Crippen LogP contribution in [0.25, 0.3) is 11.3 Å². The minimum Gasteiger partial charge on any atom is -0.497 e. The number of hydrogen-bond acceptors (Lipinski definition) is 8. The molecule has 43 heavy (non-hydrogen) atoms. The van der Waals surface area contributed by atoms with Crippen LogP contribution < -0.4 is 14.4 Å². The van der Waals surface area contributed by atoms with Crippen LogP contribution in [0.15, 0.2) is 89.8 Å². The molecule has 0 saturated carbocycles. The van der Waals surface area contributed by atoms with Crippen LogP contribution in [-0.2, 0) is 21.4 Å². The fraction of sp³-hybridized carbons (Fsp3) is 0.281. The van der Waals surface area contributed by atoms with Crippen molar-refractivity contribution in [2.45, 2.75) is 18.4 Å². The van der Waals surface area contributed by atoms with E-state index in [9.17, 15) is 13.2 Å². The average molecular weight is 602 g/mol. The molecule has 0 radical (unpaired) electrons. The first-order valence-corrected chi connectivity index (χ1v) is 15.4. The van der Waals surface area contributed by atoms with E-state index in [1.54, 1.807) is 49.5 Å². The van der Waals surface area contributed by atoms with Gasteiger partial charge in [-0.25, -0.2) is 8.42 Å². The first-order valence-electron chi connectivity index (χ1n) is 14.0. The van der Waals surface area contributed by atoms with Crippen LogP contribution in [0.3, 0.4) is 0 Å². The summed E-state index contributed by atoms with van der Waals surface area (Å²) in [5.41, 5.74) is 3.25. The summed E-state index contributed by atoms with van der Waals surface area (Å²) in [6, 6.07) is 25.3. The lowest BCUT2D eigenvalue weighted by Gasteiger charge is -2.36. The van der Waals surface area contributed by atoms with Crippen molar-refractivity contribution in [1.82, 2.24) is 19.4 Å². The number of ether oxygens (including phenoxy) is 2. The monoisotopic (exact) mass is 601 g/mol. The van der Waals surface area contributed by atoms with Crippen molar-refractivity contribution in [3.63, 3.8) is 0 Å². The molecule has 0 bridgehead atoms. The third-order valence-electron chi connectivity index (χ3n) is 7.46. The maximum atomic E-state index is 13.6. The first kappa shape index (κ1) is 30.0. The van der Waals surface area contributed by atoms with Crippen molar-refractivity contribution in [2.24, 2.45) is 0 Å². The Morgan fingerprint density at radius 2 is 1.58 bits per heavy atom. The Morgan fingerprint density at radius 3 is 2.21 bits per heavy atom. The number of amides is 1. The van der Waals surface area contributed by atoms with Gasteiger partial charge in [-0.2, -0.15) is 4.31 Å². The van der Waals surface area contributed by atoms with E-state index in [0.717, 1.165) is 16.7 Å². The normalized spacial score (nSPS) is 13.7. The van der Waals surface area contributed by atoms with Gasteiger partial charge in [0.05, 0.1) is 31.4 Å². The summed E-state index contributed by atoms with van der Waals surface area (Å²) in [7, 11) is -0.700. The quantitative estimate of drug-likeness (QED) is 0.269. The highest BCUT2D eigenvalue weighted by Gasteiger charge is 2.30. The smallest absolute Gasteiger partial charge is 0.243 e. The van der Waals surface area contributed by atoms with Gasteiger partial charge in [0.1, 0.15) is 11.5 Å². The Labute approximate surface area is 252 Å². The fourth-order valence-electron chi connectivity index (χ4n) is 4.96. The van der Waals surface area contributed by atoms with Gasteiger partial charge in [0.2, 0.25) is 15.9 Å². The molecule has 4 aromatic rings. The minimum absolute atomic E-state index is 0.101. The maximum absolute atomic E-state index is 13.6. The molecule has 0 N–H and O–H groups in total. The predicted molar refractivity (Wildman–Crippen MR) is 165 cm³/mol. The average Bonchev–Trinajstić information content (AvgIpc) is 3.05. The van der Waals surface area contributed by atoms with E-state index in [4.69, 9.17) is 9.47 Å². The van der Waals surface area contributed by atoms with Crippen LogP contribution in [0.2, 0.25) is 0 Å². The zero-order chi connectivity index (χ0) is 30.4. The first-order chi connectivity index (χ1) is 20.8. The van der Waals surface area contributed by atoms with Crippen molar-refractivity contribution < 1.29 is 22.7 Å². The van der Waals surface area contributed by atoms with Gasteiger partial charge >= 0.3 is 0 Å². The molecule has 0 unspecified atom stereocenters. The van der Waals surface area contributed by atoms with E-state index in [-0.39, 0.29) is 23.9 Å². The van der Waals surface area contributed by atoms with Crippen LogP contribution in [0.5, 0.6) is 11.5 Å².